The number of ketones is 1. The van der Waals surface area contributed by atoms with Crippen molar-refractivity contribution >= 4 is 5.78 Å². The van der Waals surface area contributed by atoms with Gasteiger partial charge < -0.3 is 24.1 Å². The molecule has 6 heteroatoms. The van der Waals surface area contributed by atoms with E-state index in [0.717, 1.165) is 0 Å². The Hall–Kier alpha value is -0.530. The summed E-state index contributed by atoms with van der Waals surface area (Å²) in [7, 11) is 0. The predicted octanol–water partition coefficient (Wildman–Crippen LogP) is -0.849. The Morgan fingerprint density at radius 3 is 2.80 bits per heavy atom. The van der Waals surface area contributed by atoms with Crippen LogP contribution in [-0.4, -0.2) is 47.6 Å². The van der Waals surface area contributed by atoms with Gasteiger partial charge in [-0.15, -0.1) is 0 Å². The third-order valence-electron chi connectivity index (χ3n) is 3.18. The van der Waals surface area contributed by atoms with Crippen molar-refractivity contribution in [2.24, 2.45) is 0 Å². The van der Waals surface area contributed by atoms with Crippen LogP contribution in [0.25, 0.3) is 0 Å². The van der Waals surface area contributed by atoms with Gasteiger partial charge in [-0.25, -0.2) is 0 Å². The summed E-state index contributed by atoms with van der Waals surface area (Å²) in [6.45, 7) is 3.17. The molecule has 6 nitrogen and oxygen atoms in total. The number of Topliss-reactive ketones (excluding diaryl/α,β-unsaturated/α-hetero) is 1. The minimum absolute atomic E-state index is 0.120. The fourth-order valence-corrected chi connectivity index (χ4v) is 2.05. The van der Waals surface area contributed by atoms with Gasteiger partial charge in [-0.3, -0.25) is 4.79 Å². The molecule has 3 fully saturated rings. The Bertz CT molecular complexity index is 331. The van der Waals surface area contributed by atoms with E-state index < -0.39 is 29.8 Å². The highest BCUT2D eigenvalue weighted by Crippen LogP contribution is 2.53. The van der Waals surface area contributed by atoms with Gasteiger partial charge in [0.2, 0.25) is 6.29 Å². The van der Waals surface area contributed by atoms with Crippen molar-refractivity contribution in [1.29, 1.82) is 0 Å². The normalized spacial score (nSPS) is 57.1. The molecular weight excluding hydrogens is 204 g/mol. The second kappa shape index (κ2) is 2.58. The molecule has 15 heavy (non-hydrogen) atoms. The van der Waals surface area contributed by atoms with Crippen molar-refractivity contribution in [2.75, 3.05) is 6.61 Å². The summed E-state index contributed by atoms with van der Waals surface area (Å²) >= 11 is 0. The van der Waals surface area contributed by atoms with Crippen molar-refractivity contribution < 1.29 is 28.8 Å². The molecule has 0 aromatic heterocycles. The molecule has 0 radical (unpaired) electrons. The highest BCUT2D eigenvalue weighted by molar-refractivity contribution is 5.84. The Morgan fingerprint density at radius 2 is 2.13 bits per heavy atom. The van der Waals surface area contributed by atoms with Crippen LogP contribution in [0.2, 0.25) is 0 Å². The summed E-state index contributed by atoms with van der Waals surface area (Å²) in [5.74, 6) is -3.36. The van der Waals surface area contributed by atoms with E-state index in [4.69, 9.17) is 18.9 Å². The van der Waals surface area contributed by atoms with Gasteiger partial charge in [-0.05, 0) is 6.92 Å². The second-order valence-corrected chi connectivity index (χ2v) is 4.12. The lowest BCUT2D eigenvalue weighted by Gasteiger charge is -2.43. The number of hydrogen-bond acceptors (Lipinski definition) is 6. The number of ether oxygens (including phenoxy) is 4. The minimum atomic E-state index is -1.94. The van der Waals surface area contributed by atoms with E-state index in [1.165, 1.54) is 6.92 Å². The van der Waals surface area contributed by atoms with Crippen LogP contribution in [0.1, 0.15) is 13.8 Å². The van der Waals surface area contributed by atoms with Crippen molar-refractivity contribution in [2.45, 2.75) is 43.9 Å². The predicted molar refractivity (Wildman–Crippen MR) is 44.6 cm³/mol. The number of carbonyl (C=O) groups excluding carboxylic acids is 1. The first-order valence-corrected chi connectivity index (χ1v) is 4.87. The van der Waals surface area contributed by atoms with E-state index in [1.54, 1.807) is 6.92 Å². The Balaban J connectivity index is 1.92. The molecule has 84 valence electrons. The van der Waals surface area contributed by atoms with Gasteiger partial charge in [0.25, 0.3) is 11.6 Å². The SMILES string of the molecule is CC(=O)[C@@]1(O)O[C@H]2OC23OC1CO[C@H]3C. The number of fused-ring (bicyclic) bond motifs is 1. The van der Waals surface area contributed by atoms with Gasteiger partial charge >= 0.3 is 0 Å². The number of hydrogen-bond donors (Lipinski definition) is 1. The van der Waals surface area contributed by atoms with Crippen LogP contribution in [0.3, 0.4) is 0 Å². The summed E-state index contributed by atoms with van der Waals surface area (Å²) in [4.78, 5) is 11.3. The van der Waals surface area contributed by atoms with Crippen LogP contribution in [0, 0.1) is 0 Å². The fraction of sp³-hybridized carbons (Fsp3) is 0.889. The lowest BCUT2D eigenvalue weighted by Crippen LogP contribution is -2.64. The number of aliphatic hydroxyl groups is 1. The molecule has 5 atom stereocenters. The van der Waals surface area contributed by atoms with Gasteiger partial charge in [0, 0.05) is 6.92 Å². The molecule has 3 aliphatic rings. The summed E-state index contributed by atoms with van der Waals surface area (Å²) in [6, 6.07) is 0. The van der Waals surface area contributed by atoms with Crippen molar-refractivity contribution in [1.82, 2.24) is 0 Å². The van der Waals surface area contributed by atoms with E-state index in [9.17, 15) is 9.90 Å². The molecular formula is C9H12O6. The summed E-state index contributed by atoms with van der Waals surface area (Å²) in [5.41, 5.74) is 0. The molecule has 2 unspecified atom stereocenters. The van der Waals surface area contributed by atoms with Crippen LogP contribution in [0.4, 0.5) is 0 Å². The van der Waals surface area contributed by atoms with Crippen LogP contribution in [0.5, 0.6) is 0 Å². The number of rotatable bonds is 1. The zero-order valence-electron chi connectivity index (χ0n) is 8.43. The van der Waals surface area contributed by atoms with Gasteiger partial charge in [0.1, 0.15) is 12.2 Å². The first kappa shape index (κ1) is 9.68. The highest BCUT2D eigenvalue weighted by Gasteiger charge is 2.75. The molecule has 0 aromatic carbocycles. The molecule has 3 saturated heterocycles. The topological polar surface area (TPSA) is 77.5 Å². The fourth-order valence-electron chi connectivity index (χ4n) is 2.05. The van der Waals surface area contributed by atoms with Gasteiger partial charge in [0.05, 0.1) is 6.61 Å². The molecule has 3 heterocycles. The van der Waals surface area contributed by atoms with Crippen molar-refractivity contribution in [3.63, 3.8) is 0 Å². The van der Waals surface area contributed by atoms with Crippen LogP contribution >= 0.6 is 0 Å². The smallest absolute Gasteiger partial charge is 0.258 e. The van der Waals surface area contributed by atoms with E-state index in [-0.39, 0.29) is 12.7 Å². The summed E-state index contributed by atoms with van der Waals surface area (Å²) in [6.07, 6.45) is -1.78. The van der Waals surface area contributed by atoms with Gasteiger partial charge in [0.15, 0.2) is 5.78 Å². The Kier molecular flexibility index (Phi) is 1.67. The molecule has 2 bridgehead atoms. The molecule has 1 N–H and O–H groups in total. The average molecular weight is 216 g/mol. The largest absolute Gasteiger partial charge is 0.370 e. The molecule has 3 aliphatic heterocycles. The third-order valence-corrected chi connectivity index (χ3v) is 3.18. The number of epoxide rings is 1. The zero-order chi connectivity index (χ0) is 10.8. The molecule has 0 aliphatic carbocycles. The maximum Gasteiger partial charge on any atom is 0.258 e. The number of carbonyl (C=O) groups is 1. The van der Waals surface area contributed by atoms with Gasteiger partial charge in [-0.2, -0.15) is 0 Å². The van der Waals surface area contributed by atoms with Crippen molar-refractivity contribution in [3.05, 3.63) is 0 Å². The Labute approximate surface area is 86.1 Å². The minimum Gasteiger partial charge on any atom is -0.370 e. The van der Waals surface area contributed by atoms with E-state index in [1.807, 2.05) is 0 Å². The maximum absolute atomic E-state index is 11.3. The van der Waals surface area contributed by atoms with Crippen LogP contribution in [-0.2, 0) is 23.7 Å². The zero-order valence-corrected chi connectivity index (χ0v) is 8.43. The lowest BCUT2D eigenvalue weighted by atomic mass is 10.0. The van der Waals surface area contributed by atoms with Crippen LogP contribution < -0.4 is 0 Å². The third kappa shape index (κ3) is 1.03. The molecule has 3 rings (SSSR count). The molecule has 0 amide bonds. The molecule has 0 saturated carbocycles. The average Bonchev–Trinajstić information content (AvgIpc) is 2.85. The summed E-state index contributed by atoms with van der Waals surface area (Å²) in [5, 5.41) is 9.98. The maximum atomic E-state index is 11.3. The van der Waals surface area contributed by atoms with E-state index in [2.05, 4.69) is 0 Å². The van der Waals surface area contributed by atoms with Gasteiger partial charge in [-0.1, -0.05) is 0 Å². The highest BCUT2D eigenvalue weighted by atomic mass is 16.9. The Morgan fingerprint density at radius 1 is 1.40 bits per heavy atom. The monoisotopic (exact) mass is 216 g/mol. The van der Waals surface area contributed by atoms with E-state index >= 15 is 0 Å². The standard InChI is InChI=1S/C9H12O6/c1-4(10)8(11)6-3-12-5(2)9(13-6)7(14-8)15-9/h5-7,11H,3H2,1-2H3/t5-,6?,7-,8+,9?/m0/s1. The lowest BCUT2D eigenvalue weighted by molar-refractivity contribution is -0.351. The quantitative estimate of drug-likeness (QED) is 0.575. The second-order valence-electron chi connectivity index (χ2n) is 4.12. The molecule has 0 aromatic rings. The summed E-state index contributed by atoms with van der Waals surface area (Å²) < 4.78 is 21.4. The molecule has 1 spiro atoms. The first-order chi connectivity index (χ1) is 6.99. The van der Waals surface area contributed by atoms with E-state index in [0.29, 0.717) is 0 Å². The first-order valence-electron chi connectivity index (χ1n) is 4.87. The van der Waals surface area contributed by atoms with Crippen LogP contribution in [0.15, 0.2) is 0 Å². The van der Waals surface area contributed by atoms with Crippen molar-refractivity contribution in [3.8, 4) is 0 Å².